The average Bonchev–Trinajstić information content (AvgIpc) is 2.77. The minimum atomic E-state index is 0.223. The quantitative estimate of drug-likeness (QED) is 0.807. The third-order valence-corrected chi connectivity index (χ3v) is 3.39. The van der Waals surface area contributed by atoms with Crippen LogP contribution in [0, 0.1) is 0 Å². The normalized spacial score (nSPS) is 21.3. The maximum Gasteiger partial charge on any atom is 0.226 e. The Morgan fingerprint density at radius 2 is 2.39 bits per heavy atom. The van der Waals surface area contributed by atoms with Crippen molar-refractivity contribution in [1.29, 1.82) is 0 Å². The number of nitrogens with one attached hydrogen (secondary N) is 2. The fourth-order valence-electron chi connectivity index (χ4n) is 2.39. The SMILES string of the molecule is CN1CCCC(Nc2nc(Cl)nc3nc[nH]c23)C1. The predicted molar refractivity (Wildman–Crippen MR) is 70.8 cm³/mol. The van der Waals surface area contributed by atoms with Crippen LogP contribution in [0.2, 0.25) is 5.28 Å². The van der Waals surface area contributed by atoms with Crippen LogP contribution in [0.1, 0.15) is 12.8 Å². The zero-order valence-corrected chi connectivity index (χ0v) is 10.9. The van der Waals surface area contributed by atoms with Crippen molar-refractivity contribution in [3.63, 3.8) is 0 Å². The van der Waals surface area contributed by atoms with E-state index in [1.54, 1.807) is 6.33 Å². The average molecular weight is 267 g/mol. The van der Waals surface area contributed by atoms with Crippen molar-refractivity contribution in [2.45, 2.75) is 18.9 Å². The van der Waals surface area contributed by atoms with Gasteiger partial charge in [0.15, 0.2) is 11.5 Å². The highest BCUT2D eigenvalue weighted by Crippen LogP contribution is 2.21. The molecule has 0 spiro atoms. The lowest BCUT2D eigenvalue weighted by Crippen LogP contribution is -2.40. The Bertz CT molecular complexity index is 553. The van der Waals surface area contributed by atoms with E-state index >= 15 is 0 Å². The number of halogens is 1. The third kappa shape index (κ3) is 2.26. The van der Waals surface area contributed by atoms with Gasteiger partial charge in [-0.1, -0.05) is 0 Å². The van der Waals surface area contributed by atoms with Crippen molar-refractivity contribution in [2.75, 3.05) is 25.5 Å². The number of likely N-dealkylation sites (tertiary alicyclic amines) is 1. The highest BCUT2D eigenvalue weighted by atomic mass is 35.5. The molecule has 18 heavy (non-hydrogen) atoms. The molecule has 0 radical (unpaired) electrons. The lowest BCUT2D eigenvalue weighted by Gasteiger charge is -2.30. The number of anilines is 1. The third-order valence-electron chi connectivity index (χ3n) is 3.22. The van der Waals surface area contributed by atoms with Crippen molar-refractivity contribution < 1.29 is 0 Å². The molecule has 1 aliphatic heterocycles. The molecule has 6 nitrogen and oxygen atoms in total. The molecule has 3 rings (SSSR count). The van der Waals surface area contributed by atoms with E-state index in [1.807, 2.05) is 0 Å². The number of aromatic nitrogens is 4. The molecule has 1 atom stereocenters. The number of nitrogens with zero attached hydrogens (tertiary/aromatic N) is 4. The number of hydrogen-bond acceptors (Lipinski definition) is 5. The van der Waals surface area contributed by atoms with Crippen LogP contribution >= 0.6 is 11.6 Å². The van der Waals surface area contributed by atoms with Crippen LogP contribution in [-0.4, -0.2) is 51.0 Å². The molecule has 0 amide bonds. The molecule has 3 heterocycles. The van der Waals surface area contributed by atoms with Crippen LogP contribution < -0.4 is 5.32 Å². The van der Waals surface area contributed by atoms with Gasteiger partial charge in [-0.15, -0.1) is 0 Å². The van der Waals surface area contributed by atoms with Gasteiger partial charge in [0, 0.05) is 12.6 Å². The molecule has 2 N–H and O–H groups in total. The Morgan fingerprint density at radius 3 is 3.22 bits per heavy atom. The standard InChI is InChI=1S/C11H15ClN6/c1-18-4-2-3-7(5-18)15-10-8-9(14-6-13-8)16-11(12)17-10/h6-7H,2-5H2,1H3,(H2,13,14,15,16,17). The second-order valence-corrected chi connectivity index (χ2v) is 5.03. The highest BCUT2D eigenvalue weighted by Gasteiger charge is 2.19. The summed E-state index contributed by atoms with van der Waals surface area (Å²) in [7, 11) is 2.13. The summed E-state index contributed by atoms with van der Waals surface area (Å²) in [6.45, 7) is 2.17. The number of aromatic amines is 1. The fraction of sp³-hybridized carbons (Fsp3) is 0.545. The molecule has 1 unspecified atom stereocenters. The zero-order valence-electron chi connectivity index (χ0n) is 10.1. The van der Waals surface area contributed by atoms with Gasteiger partial charge in [-0.05, 0) is 38.0 Å². The molecule has 1 saturated heterocycles. The first-order valence-corrected chi connectivity index (χ1v) is 6.42. The molecule has 0 bridgehead atoms. The highest BCUT2D eigenvalue weighted by molar-refractivity contribution is 6.28. The molecule has 2 aromatic rings. The monoisotopic (exact) mass is 266 g/mol. The maximum absolute atomic E-state index is 5.90. The Hall–Kier alpha value is -1.40. The summed E-state index contributed by atoms with van der Waals surface area (Å²) in [4.78, 5) is 17.8. The number of rotatable bonds is 2. The fourth-order valence-corrected chi connectivity index (χ4v) is 2.55. The molecule has 96 valence electrons. The van der Waals surface area contributed by atoms with Crippen molar-refractivity contribution in [3.8, 4) is 0 Å². The summed E-state index contributed by atoms with van der Waals surface area (Å²) in [5.74, 6) is 0.739. The minimum absolute atomic E-state index is 0.223. The predicted octanol–water partition coefficient (Wildman–Crippen LogP) is 1.51. The molecule has 7 heteroatoms. The summed E-state index contributed by atoms with van der Waals surface area (Å²) in [5, 5.41) is 3.66. The number of fused-ring (bicyclic) bond motifs is 1. The van der Waals surface area contributed by atoms with Gasteiger partial charge in [0.25, 0.3) is 0 Å². The van der Waals surface area contributed by atoms with Crippen LogP contribution in [-0.2, 0) is 0 Å². The number of hydrogen-bond donors (Lipinski definition) is 2. The van der Waals surface area contributed by atoms with Crippen LogP contribution in [0.15, 0.2) is 6.33 Å². The molecule has 2 aromatic heterocycles. The Labute approximate surface area is 110 Å². The number of H-pyrrole nitrogens is 1. The van der Waals surface area contributed by atoms with Crippen LogP contribution in [0.25, 0.3) is 11.2 Å². The molecule has 0 aliphatic carbocycles. The number of imidazole rings is 1. The van der Waals surface area contributed by atoms with Crippen molar-refractivity contribution >= 4 is 28.6 Å². The summed E-state index contributed by atoms with van der Waals surface area (Å²) in [6, 6.07) is 0.390. The van der Waals surface area contributed by atoms with E-state index in [9.17, 15) is 0 Å². The van der Waals surface area contributed by atoms with E-state index in [0.29, 0.717) is 11.7 Å². The van der Waals surface area contributed by atoms with Crippen molar-refractivity contribution in [2.24, 2.45) is 0 Å². The Balaban J connectivity index is 1.87. The van der Waals surface area contributed by atoms with Crippen LogP contribution in [0.3, 0.4) is 0 Å². The first-order chi connectivity index (χ1) is 8.72. The zero-order chi connectivity index (χ0) is 12.5. The van der Waals surface area contributed by atoms with E-state index in [0.717, 1.165) is 30.8 Å². The van der Waals surface area contributed by atoms with E-state index in [1.165, 1.54) is 6.42 Å². The Kier molecular flexibility index (Phi) is 3.05. The van der Waals surface area contributed by atoms with Gasteiger partial charge >= 0.3 is 0 Å². The van der Waals surface area contributed by atoms with Gasteiger partial charge in [-0.25, -0.2) is 4.98 Å². The second kappa shape index (κ2) is 4.70. The van der Waals surface area contributed by atoms with E-state index in [4.69, 9.17) is 11.6 Å². The lowest BCUT2D eigenvalue weighted by molar-refractivity contribution is 0.261. The first kappa shape index (κ1) is 11.7. The largest absolute Gasteiger partial charge is 0.364 e. The van der Waals surface area contributed by atoms with Gasteiger partial charge in [0.2, 0.25) is 5.28 Å². The number of likely N-dealkylation sites (N-methyl/N-ethyl adjacent to an activating group) is 1. The van der Waals surface area contributed by atoms with Gasteiger partial charge in [-0.2, -0.15) is 9.97 Å². The summed E-state index contributed by atoms with van der Waals surface area (Å²) in [6.07, 6.45) is 3.94. The second-order valence-electron chi connectivity index (χ2n) is 4.69. The number of piperidine rings is 1. The van der Waals surface area contributed by atoms with Gasteiger partial charge in [0.1, 0.15) is 5.52 Å². The topological polar surface area (TPSA) is 69.7 Å². The van der Waals surface area contributed by atoms with E-state index < -0.39 is 0 Å². The Morgan fingerprint density at radius 1 is 1.50 bits per heavy atom. The summed E-state index contributed by atoms with van der Waals surface area (Å²) >= 11 is 5.90. The van der Waals surface area contributed by atoms with E-state index in [2.05, 4.69) is 37.2 Å². The van der Waals surface area contributed by atoms with Crippen LogP contribution in [0.4, 0.5) is 5.82 Å². The summed E-state index contributed by atoms with van der Waals surface area (Å²) in [5.41, 5.74) is 1.41. The van der Waals surface area contributed by atoms with E-state index in [-0.39, 0.29) is 5.28 Å². The van der Waals surface area contributed by atoms with Gasteiger partial charge in [-0.3, -0.25) is 0 Å². The van der Waals surface area contributed by atoms with Crippen molar-refractivity contribution in [1.82, 2.24) is 24.8 Å². The molecule has 0 aromatic carbocycles. The molecular weight excluding hydrogens is 252 g/mol. The minimum Gasteiger partial charge on any atom is -0.364 e. The lowest BCUT2D eigenvalue weighted by atomic mass is 10.1. The maximum atomic E-state index is 5.90. The first-order valence-electron chi connectivity index (χ1n) is 6.04. The molecule has 1 aliphatic rings. The van der Waals surface area contributed by atoms with Crippen molar-refractivity contribution in [3.05, 3.63) is 11.6 Å². The van der Waals surface area contributed by atoms with Gasteiger partial charge in [0.05, 0.1) is 6.33 Å². The smallest absolute Gasteiger partial charge is 0.226 e. The van der Waals surface area contributed by atoms with Crippen LogP contribution in [0.5, 0.6) is 0 Å². The van der Waals surface area contributed by atoms with Gasteiger partial charge < -0.3 is 15.2 Å². The molecular formula is C11H15ClN6. The summed E-state index contributed by atoms with van der Waals surface area (Å²) < 4.78 is 0. The molecule has 1 fully saturated rings. The molecule has 0 saturated carbocycles.